The highest BCUT2D eigenvalue weighted by Gasteiger charge is 2.17. The normalized spacial score (nSPS) is 19.1. The van der Waals surface area contributed by atoms with Gasteiger partial charge in [0.2, 0.25) is 0 Å². The van der Waals surface area contributed by atoms with Crippen molar-refractivity contribution in [2.24, 2.45) is 0 Å². The standard InChI is InChI=1S/C11H17ClN2/c1-3-6-14-7-4-11(5-8-14)13-9-10(2)12/h1,11,13H,2,4-9H2. The quantitative estimate of drug-likeness (QED) is 0.710. The molecule has 3 heteroatoms. The maximum atomic E-state index is 5.68. The van der Waals surface area contributed by atoms with E-state index in [9.17, 15) is 0 Å². The lowest BCUT2D eigenvalue weighted by Crippen LogP contribution is -2.42. The van der Waals surface area contributed by atoms with Crippen LogP contribution in [0.3, 0.4) is 0 Å². The van der Waals surface area contributed by atoms with E-state index < -0.39 is 0 Å². The van der Waals surface area contributed by atoms with Gasteiger partial charge in [0.1, 0.15) is 0 Å². The van der Waals surface area contributed by atoms with Crippen LogP contribution in [-0.4, -0.2) is 37.1 Å². The van der Waals surface area contributed by atoms with Gasteiger partial charge in [0.25, 0.3) is 0 Å². The van der Waals surface area contributed by atoms with Crippen molar-refractivity contribution >= 4 is 11.6 Å². The first-order chi connectivity index (χ1) is 6.72. The number of nitrogens with one attached hydrogen (secondary N) is 1. The highest BCUT2D eigenvalue weighted by molar-refractivity contribution is 6.29. The van der Waals surface area contributed by atoms with Gasteiger partial charge in [0, 0.05) is 30.7 Å². The Morgan fingerprint density at radius 2 is 2.21 bits per heavy atom. The van der Waals surface area contributed by atoms with Crippen molar-refractivity contribution in [3.05, 3.63) is 11.6 Å². The molecule has 1 aliphatic heterocycles. The minimum absolute atomic E-state index is 0.569. The molecule has 1 saturated heterocycles. The van der Waals surface area contributed by atoms with E-state index in [2.05, 4.69) is 22.7 Å². The van der Waals surface area contributed by atoms with Crippen molar-refractivity contribution in [2.45, 2.75) is 18.9 Å². The number of piperidine rings is 1. The topological polar surface area (TPSA) is 15.3 Å². The van der Waals surface area contributed by atoms with E-state index in [0.29, 0.717) is 17.6 Å². The molecule has 0 aromatic heterocycles. The Balaban J connectivity index is 2.16. The second kappa shape index (κ2) is 6.08. The molecule has 0 aromatic rings. The highest BCUT2D eigenvalue weighted by atomic mass is 35.5. The van der Waals surface area contributed by atoms with Gasteiger partial charge in [-0.2, -0.15) is 0 Å². The third kappa shape index (κ3) is 4.15. The highest BCUT2D eigenvalue weighted by Crippen LogP contribution is 2.10. The molecule has 0 spiro atoms. The molecule has 1 N–H and O–H groups in total. The molecule has 0 aliphatic carbocycles. The molecule has 0 atom stereocenters. The van der Waals surface area contributed by atoms with Crippen molar-refractivity contribution in [1.82, 2.24) is 10.2 Å². The van der Waals surface area contributed by atoms with Crippen LogP contribution in [0.25, 0.3) is 0 Å². The number of rotatable bonds is 4. The van der Waals surface area contributed by atoms with E-state index in [-0.39, 0.29) is 0 Å². The van der Waals surface area contributed by atoms with Crippen molar-refractivity contribution in [3.8, 4) is 12.3 Å². The molecular weight excluding hydrogens is 196 g/mol. The van der Waals surface area contributed by atoms with Gasteiger partial charge in [0.05, 0.1) is 6.54 Å². The minimum Gasteiger partial charge on any atom is -0.309 e. The lowest BCUT2D eigenvalue weighted by Gasteiger charge is -2.31. The maximum absolute atomic E-state index is 5.68. The third-order valence-corrected chi connectivity index (χ3v) is 2.62. The van der Waals surface area contributed by atoms with Crippen molar-refractivity contribution in [1.29, 1.82) is 0 Å². The molecule has 0 radical (unpaired) electrons. The minimum atomic E-state index is 0.569. The smallest absolute Gasteiger partial charge is 0.0598 e. The van der Waals surface area contributed by atoms with E-state index in [1.54, 1.807) is 0 Å². The van der Waals surface area contributed by atoms with Crippen molar-refractivity contribution in [2.75, 3.05) is 26.2 Å². The van der Waals surface area contributed by atoms with E-state index in [0.717, 1.165) is 32.5 Å². The van der Waals surface area contributed by atoms with E-state index >= 15 is 0 Å². The Labute approximate surface area is 91.3 Å². The molecule has 1 aliphatic rings. The van der Waals surface area contributed by atoms with E-state index in [4.69, 9.17) is 18.0 Å². The molecular formula is C11H17ClN2. The summed E-state index contributed by atoms with van der Waals surface area (Å²) in [6.07, 6.45) is 7.55. The average molecular weight is 213 g/mol. The molecule has 0 unspecified atom stereocenters. The van der Waals surface area contributed by atoms with Crippen molar-refractivity contribution in [3.63, 3.8) is 0 Å². The molecule has 1 rings (SSSR count). The molecule has 0 aromatic carbocycles. The van der Waals surface area contributed by atoms with Gasteiger partial charge in [-0.1, -0.05) is 24.1 Å². The second-order valence-electron chi connectivity index (χ2n) is 3.65. The largest absolute Gasteiger partial charge is 0.309 e. The van der Waals surface area contributed by atoms with Crippen LogP contribution in [0.1, 0.15) is 12.8 Å². The van der Waals surface area contributed by atoms with Gasteiger partial charge in [0.15, 0.2) is 0 Å². The van der Waals surface area contributed by atoms with E-state index in [1.807, 2.05) is 0 Å². The van der Waals surface area contributed by atoms with Crippen LogP contribution in [0.2, 0.25) is 0 Å². The van der Waals surface area contributed by atoms with Gasteiger partial charge in [-0.3, -0.25) is 4.90 Å². The Kier molecular flexibility index (Phi) is 5.03. The SMILES string of the molecule is C#CCN1CCC(NCC(=C)Cl)CC1. The predicted molar refractivity (Wildman–Crippen MR) is 61.3 cm³/mol. The number of nitrogens with zero attached hydrogens (tertiary/aromatic N) is 1. The average Bonchev–Trinajstić information content (AvgIpc) is 2.17. The summed E-state index contributed by atoms with van der Waals surface area (Å²) in [5.41, 5.74) is 0. The van der Waals surface area contributed by atoms with Gasteiger partial charge in [-0.25, -0.2) is 0 Å². The first-order valence-corrected chi connectivity index (χ1v) is 5.32. The summed E-state index contributed by atoms with van der Waals surface area (Å²) < 4.78 is 0. The summed E-state index contributed by atoms with van der Waals surface area (Å²) in [5, 5.41) is 4.05. The summed E-state index contributed by atoms with van der Waals surface area (Å²) in [5.74, 6) is 2.67. The Morgan fingerprint density at radius 1 is 1.57 bits per heavy atom. The summed E-state index contributed by atoms with van der Waals surface area (Å²) in [6, 6.07) is 0.569. The second-order valence-corrected chi connectivity index (χ2v) is 4.19. The van der Waals surface area contributed by atoms with Crippen LogP contribution in [0, 0.1) is 12.3 Å². The van der Waals surface area contributed by atoms with Gasteiger partial charge < -0.3 is 5.32 Å². The monoisotopic (exact) mass is 212 g/mol. The fourth-order valence-electron chi connectivity index (χ4n) is 1.68. The predicted octanol–water partition coefficient (Wildman–Crippen LogP) is 1.43. The molecule has 2 nitrogen and oxygen atoms in total. The van der Waals surface area contributed by atoms with Gasteiger partial charge >= 0.3 is 0 Å². The first-order valence-electron chi connectivity index (χ1n) is 4.95. The zero-order chi connectivity index (χ0) is 10.4. The van der Waals surface area contributed by atoms with Crippen LogP contribution in [0.4, 0.5) is 0 Å². The Morgan fingerprint density at radius 3 is 2.71 bits per heavy atom. The molecule has 1 heterocycles. The summed E-state index contributed by atoms with van der Waals surface area (Å²) in [7, 11) is 0. The fourth-order valence-corrected chi connectivity index (χ4v) is 1.76. The van der Waals surface area contributed by atoms with Gasteiger partial charge in [-0.05, 0) is 12.8 Å². The van der Waals surface area contributed by atoms with Crippen LogP contribution in [-0.2, 0) is 0 Å². The lowest BCUT2D eigenvalue weighted by molar-refractivity contribution is 0.220. The molecule has 0 bridgehead atoms. The molecule has 1 fully saturated rings. The van der Waals surface area contributed by atoms with Crippen LogP contribution < -0.4 is 5.32 Å². The molecule has 0 saturated carbocycles. The summed E-state index contributed by atoms with van der Waals surface area (Å²) >= 11 is 5.68. The Bertz CT molecular complexity index is 224. The van der Waals surface area contributed by atoms with Crippen LogP contribution in [0.15, 0.2) is 11.6 Å². The zero-order valence-electron chi connectivity index (χ0n) is 8.43. The molecule has 78 valence electrons. The molecule has 0 amide bonds. The number of likely N-dealkylation sites (tertiary alicyclic amines) is 1. The number of halogens is 1. The van der Waals surface area contributed by atoms with E-state index in [1.165, 1.54) is 0 Å². The lowest BCUT2D eigenvalue weighted by atomic mass is 10.1. The number of hydrogen-bond donors (Lipinski definition) is 1. The fraction of sp³-hybridized carbons (Fsp3) is 0.636. The van der Waals surface area contributed by atoms with Gasteiger partial charge in [-0.15, -0.1) is 6.42 Å². The zero-order valence-corrected chi connectivity index (χ0v) is 9.19. The number of terminal acetylenes is 1. The molecule has 14 heavy (non-hydrogen) atoms. The van der Waals surface area contributed by atoms with Crippen LogP contribution in [0.5, 0.6) is 0 Å². The van der Waals surface area contributed by atoms with Crippen LogP contribution >= 0.6 is 11.6 Å². The van der Waals surface area contributed by atoms with Crippen molar-refractivity contribution < 1.29 is 0 Å². The summed E-state index contributed by atoms with van der Waals surface area (Å²) in [4.78, 5) is 2.30. The third-order valence-electron chi connectivity index (χ3n) is 2.49. The Hall–Kier alpha value is -0.490. The summed E-state index contributed by atoms with van der Waals surface area (Å²) in [6.45, 7) is 7.29. The first kappa shape index (κ1) is 11.6. The maximum Gasteiger partial charge on any atom is 0.0598 e. The number of hydrogen-bond acceptors (Lipinski definition) is 2.